The van der Waals surface area contributed by atoms with Gasteiger partial charge < -0.3 is 36.7 Å². The molecular formula is C50H44F2N14O8S2. The van der Waals surface area contributed by atoms with Crippen molar-refractivity contribution in [1.29, 1.82) is 10.5 Å². The molecule has 0 atom stereocenters. The molecule has 1 heterocycles. The van der Waals surface area contributed by atoms with E-state index in [9.17, 15) is 30.4 Å². The van der Waals surface area contributed by atoms with Crippen LogP contribution in [0.25, 0.3) is 0 Å². The van der Waals surface area contributed by atoms with E-state index in [1.807, 2.05) is 54.6 Å². The summed E-state index contributed by atoms with van der Waals surface area (Å²) < 4.78 is 88.0. The summed E-state index contributed by atoms with van der Waals surface area (Å²) in [5.41, 5.74) is 18.2. The fourth-order valence-corrected chi connectivity index (χ4v) is 6.71. The van der Waals surface area contributed by atoms with Gasteiger partial charge in [-0.25, -0.2) is 41.2 Å². The number of nitrogens with two attached hydrogens (primary N) is 5. The number of nitriles is 2. The maximum Gasteiger partial charge on any atom is 0.410 e. The standard InChI is InChI=1S/C16H14F2N6O.C14H12N4O3S.C14H10N2O2.C6H8N2O2S/c17-11-2-1-3-12(18)13(11)14(25)24-15(20)22-16(23-24)21-10-6-4-9(8-19)5-7-10;15-10-17-14(21-12-4-2-1-3-5-12)18-11-6-8-13(9-7-11)22(16,19)20;15-11-16-14(17-12-7-3-1-4-8-12)18-13-9-5-2-6-10-13;7-5-1-3-6(4-2-5)11(8,9)10/h1-7H,8,19H2,(H3,20,21,22,23);1-9H,(H,17,18)(H2,16,19,20);1-10H;1-4H,7H2,(H2,8,9,10). The summed E-state index contributed by atoms with van der Waals surface area (Å²) in [4.78, 5) is 23.8. The van der Waals surface area contributed by atoms with Crippen molar-refractivity contribution < 1.29 is 44.6 Å². The number of aliphatic imine (C=N–C) groups is 2. The number of aromatic nitrogens is 3. The summed E-state index contributed by atoms with van der Waals surface area (Å²) in [5.74, 6) is -1.72. The van der Waals surface area contributed by atoms with E-state index in [2.05, 4.69) is 30.7 Å². The Balaban J connectivity index is 0.000000194. The lowest BCUT2D eigenvalue weighted by atomic mass is 10.2. The summed E-state index contributed by atoms with van der Waals surface area (Å²) in [6.07, 6.45) is 3.27. The second-order valence-electron chi connectivity index (χ2n) is 14.7. The Hall–Kier alpha value is -10.1. The molecule has 1 aromatic heterocycles. The van der Waals surface area contributed by atoms with Crippen molar-refractivity contribution in [3.05, 3.63) is 205 Å². The molecule has 0 amide bonds. The van der Waals surface area contributed by atoms with Crippen LogP contribution in [0.1, 0.15) is 15.9 Å². The van der Waals surface area contributed by atoms with E-state index < -0.39 is 43.2 Å². The molecule has 0 saturated heterocycles. The molecule has 12 N–H and O–H groups in total. The number of carbonyl (C=O) groups is 1. The number of hydrogen-bond donors (Lipinski definition) is 7. The first-order chi connectivity index (χ1) is 36.4. The van der Waals surface area contributed by atoms with Crippen LogP contribution >= 0.6 is 0 Å². The molecule has 0 unspecified atom stereocenters. The topological polar surface area (TPSA) is 370 Å². The molecular weight excluding hydrogens is 1030 g/mol. The maximum absolute atomic E-state index is 13.8. The Kier molecular flexibility index (Phi) is 20.7. The SMILES string of the molecule is N#CN=C(Oc1ccccc1)Oc1ccccc1.N#CNC(=Nc1ccc(S(N)(=O)=O)cc1)Oc1ccccc1.NCc1ccc(Nc2nc(N)n(C(=O)c3c(F)cccc3F)n2)cc1.Nc1ccc(S(N)(=O)=O)cc1. The minimum absolute atomic E-state index is 0.0168. The zero-order chi connectivity index (χ0) is 55.1. The van der Waals surface area contributed by atoms with E-state index in [1.165, 1.54) is 48.5 Å². The molecule has 0 fully saturated rings. The minimum atomic E-state index is -3.75. The van der Waals surface area contributed by atoms with Crippen molar-refractivity contribution in [2.45, 2.75) is 16.3 Å². The molecule has 26 heteroatoms. The Morgan fingerprint density at radius 2 is 1.12 bits per heavy atom. The number of ether oxygens (including phenoxy) is 3. The van der Waals surface area contributed by atoms with E-state index in [1.54, 1.807) is 73.0 Å². The normalized spacial score (nSPS) is 10.6. The van der Waals surface area contributed by atoms with Crippen LogP contribution in [0.15, 0.2) is 202 Å². The molecule has 0 aliphatic rings. The number of halogens is 2. The number of carbonyl (C=O) groups excluding carboxylic acids is 1. The van der Waals surface area contributed by atoms with Crippen molar-refractivity contribution in [2.24, 2.45) is 26.0 Å². The van der Waals surface area contributed by atoms with Crippen molar-refractivity contribution in [1.82, 2.24) is 20.1 Å². The number of para-hydroxylation sites is 3. The number of rotatable bonds is 10. The number of sulfonamides is 2. The predicted octanol–water partition coefficient (Wildman–Crippen LogP) is 6.40. The Morgan fingerprint density at radius 3 is 1.57 bits per heavy atom. The van der Waals surface area contributed by atoms with E-state index in [4.69, 9.17) is 52.2 Å². The van der Waals surface area contributed by atoms with Gasteiger partial charge in [0.25, 0.3) is 5.91 Å². The number of primary sulfonamides is 2. The van der Waals surface area contributed by atoms with Gasteiger partial charge in [-0.15, -0.1) is 5.10 Å². The third kappa shape index (κ3) is 18.2. The van der Waals surface area contributed by atoms with Crippen LogP contribution in [0, 0.1) is 34.5 Å². The van der Waals surface area contributed by atoms with Gasteiger partial charge in [0.1, 0.15) is 34.4 Å². The fourth-order valence-electron chi connectivity index (χ4n) is 5.68. The van der Waals surface area contributed by atoms with Gasteiger partial charge >= 0.3 is 12.1 Å². The Labute approximate surface area is 434 Å². The van der Waals surface area contributed by atoms with E-state index >= 15 is 0 Å². The van der Waals surface area contributed by atoms with Crippen molar-refractivity contribution in [2.75, 3.05) is 16.8 Å². The highest BCUT2D eigenvalue weighted by Gasteiger charge is 2.23. The lowest BCUT2D eigenvalue weighted by Crippen LogP contribution is -2.24. The highest BCUT2D eigenvalue weighted by molar-refractivity contribution is 7.89. The molecule has 0 aliphatic carbocycles. The molecule has 8 rings (SSSR count). The van der Waals surface area contributed by atoms with Gasteiger partial charge in [0.15, 0.2) is 6.19 Å². The molecule has 8 aromatic rings. The molecule has 0 saturated carbocycles. The lowest BCUT2D eigenvalue weighted by molar-refractivity contribution is 0.0939. The molecule has 0 aliphatic heterocycles. The Morgan fingerprint density at radius 1 is 0.645 bits per heavy atom. The monoisotopic (exact) mass is 1070 g/mol. The number of nitrogens with one attached hydrogen (secondary N) is 2. The van der Waals surface area contributed by atoms with Crippen LogP contribution in [0.3, 0.4) is 0 Å². The van der Waals surface area contributed by atoms with Gasteiger partial charge in [0, 0.05) is 17.9 Å². The average Bonchev–Trinajstić information content (AvgIpc) is 3.77. The second-order valence-corrected chi connectivity index (χ2v) is 17.8. The van der Waals surface area contributed by atoms with E-state index in [0.29, 0.717) is 45.5 Å². The molecule has 22 nitrogen and oxygen atoms in total. The summed E-state index contributed by atoms with van der Waals surface area (Å²) in [7, 11) is -7.33. The van der Waals surface area contributed by atoms with Gasteiger partial charge in [0.05, 0.1) is 15.5 Å². The number of benzene rings is 7. The molecule has 0 bridgehead atoms. The summed E-state index contributed by atoms with van der Waals surface area (Å²) in [5, 5.41) is 36.2. The number of nitrogen functional groups attached to an aromatic ring is 2. The van der Waals surface area contributed by atoms with Crippen molar-refractivity contribution >= 4 is 67.0 Å². The van der Waals surface area contributed by atoms with Gasteiger partial charge in [-0.2, -0.15) is 25.2 Å². The average molecular weight is 1070 g/mol. The first-order valence-electron chi connectivity index (χ1n) is 21.5. The number of anilines is 4. The zero-order valence-electron chi connectivity index (χ0n) is 39.4. The maximum atomic E-state index is 13.8. The number of nitrogens with zero attached hydrogens (tertiary/aromatic N) is 7. The predicted molar refractivity (Wildman–Crippen MR) is 278 cm³/mol. The van der Waals surface area contributed by atoms with Gasteiger partial charge in [-0.1, -0.05) is 77.8 Å². The van der Waals surface area contributed by atoms with Gasteiger partial charge in [0.2, 0.25) is 38.1 Å². The molecule has 7 aromatic carbocycles. The first kappa shape index (κ1) is 56.8. The zero-order valence-corrected chi connectivity index (χ0v) is 41.0. The fraction of sp³-hybridized carbons (Fsp3) is 0.0200. The largest absolute Gasteiger partial charge is 0.425 e. The minimum Gasteiger partial charge on any atom is -0.425 e. The third-order valence-electron chi connectivity index (χ3n) is 9.21. The smallest absolute Gasteiger partial charge is 0.410 e. The second kappa shape index (κ2) is 27.7. The van der Waals surface area contributed by atoms with Gasteiger partial charge in [-0.3, -0.25) is 4.79 Å². The van der Waals surface area contributed by atoms with E-state index in [0.717, 1.165) is 23.8 Å². The highest BCUT2D eigenvalue weighted by Crippen LogP contribution is 2.20. The summed E-state index contributed by atoms with van der Waals surface area (Å²) in [6.45, 7) is 0.406. The third-order valence-corrected chi connectivity index (χ3v) is 11.1. The van der Waals surface area contributed by atoms with Crippen LogP contribution < -0.4 is 52.3 Å². The lowest BCUT2D eigenvalue weighted by Gasteiger charge is -2.07. The van der Waals surface area contributed by atoms with Crippen molar-refractivity contribution in [3.63, 3.8) is 0 Å². The van der Waals surface area contributed by atoms with E-state index in [-0.39, 0.29) is 33.8 Å². The number of hydrogen-bond acceptors (Lipinski definition) is 18. The molecule has 0 radical (unpaired) electrons. The highest BCUT2D eigenvalue weighted by atomic mass is 32.2. The summed E-state index contributed by atoms with van der Waals surface area (Å²) >= 11 is 0. The quantitative estimate of drug-likeness (QED) is 0.0256. The van der Waals surface area contributed by atoms with Crippen LogP contribution in [0.5, 0.6) is 17.2 Å². The van der Waals surface area contributed by atoms with Crippen LogP contribution in [0.4, 0.5) is 37.7 Å². The van der Waals surface area contributed by atoms with Gasteiger partial charge in [-0.05, 0) is 115 Å². The Bertz CT molecular complexity index is 3510. The van der Waals surface area contributed by atoms with Crippen molar-refractivity contribution in [3.8, 4) is 29.6 Å². The number of amidine groups is 1. The van der Waals surface area contributed by atoms with Crippen LogP contribution in [-0.4, -0.2) is 49.6 Å². The van der Waals surface area contributed by atoms with Crippen LogP contribution in [-0.2, 0) is 26.6 Å². The van der Waals surface area contributed by atoms with Crippen LogP contribution in [0.2, 0.25) is 0 Å². The first-order valence-corrected chi connectivity index (χ1v) is 24.6. The molecule has 388 valence electrons. The molecule has 76 heavy (non-hydrogen) atoms. The molecule has 0 spiro atoms. The summed E-state index contributed by atoms with van der Waals surface area (Å²) in [6, 6.07) is 48.3.